The second-order valence-corrected chi connectivity index (χ2v) is 8.52. The lowest BCUT2D eigenvalue weighted by molar-refractivity contribution is -0.242. The van der Waals surface area contributed by atoms with Crippen molar-refractivity contribution in [1.82, 2.24) is 0 Å². The van der Waals surface area contributed by atoms with Crippen LogP contribution in [0.5, 0.6) is 0 Å². The third kappa shape index (κ3) is 6.21. The molecule has 168 valence electrons. The standard InChI is InChI=1S/C27H30O4S/c1-20-24(28-17-21-11-5-2-6-12-21)25(29-18-22-13-7-3-8-14-22)26(27(32)31-20)30-19-23-15-9-4-10-16-23/h2-16,20,24-27,32H,17-19H2,1H3/t20-,24-,25+,26+,27+/m0/s1. The highest BCUT2D eigenvalue weighted by Crippen LogP contribution is 2.31. The zero-order valence-electron chi connectivity index (χ0n) is 18.2. The molecule has 0 N–H and O–H groups in total. The Bertz CT molecular complexity index is 867. The molecule has 5 heteroatoms. The number of hydrogen-bond acceptors (Lipinski definition) is 5. The van der Waals surface area contributed by atoms with E-state index in [-0.39, 0.29) is 24.4 Å². The van der Waals surface area contributed by atoms with Gasteiger partial charge in [-0.25, -0.2) is 0 Å². The van der Waals surface area contributed by atoms with Gasteiger partial charge in [-0.3, -0.25) is 0 Å². The first-order valence-electron chi connectivity index (χ1n) is 11.0. The van der Waals surface area contributed by atoms with E-state index in [1.807, 2.05) is 73.7 Å². The smallest absolute Gasteiger partial charge is 0.129 e. The Balaban J connectivity index is 1.50. The van der Waals surface area contributed by atoms with Crippen LogP contribution in [0.25, 0.3) is 0 Å². The summed E-state index contributed by atoms with van der Waals surface area (Å²) in [5.74, 6) is 0. The molecule has 0 amide bonds. The quantitative estimate of drug-likeness (QED) is 0.442. The van der Waals surface area contributed by atoms with Gasteiger partial charge in [0, 0.05) is 0 Å². The Hall–Kier alpha value is -2.15. The summed E-state index contributed by atoms with van der Waals surface area (Å²) < 4.78 is 25.2. The van der Waals surface area contributed by atoms with Crippen LogP contribution in [0.3, 0.4) is 0 Å². The minimum absolute atomic E-state index is 0.182. The molecule has 4 rings (SSSR count). The van der Waals surface area contributed by atoms with Gasteiger partial charge < -0.3 is 18.9 Å². The van der Waals surface area contributed by atoms with Gasteiger partial charge in [0.2, 0.25) is 0 Å². The van der Waals surface area contributed by atoms with Gasteiger partial charge >= 0.3 is 0 Å². The molecule has 0 spiro atoms. The highest BCUT2D eigenvalue weighted by Gasteiger charge is 2.45. The third-order valence-corrected chi connectivity index (χ3v) is 6.02. The molecule has 4 nitrogen and oxygen atoms in total. The van der Waals surface area contributed by atoms with E-state index >= 15 is 0 Å². The fraction of sp³-hybridized carbons (Fsp3) is 0.333. The molecule has 0 aromatic heterocycles. The van der Waals surface area contributed by atoms with Crippen molar-refractivity contribution in [2.24, 2.45) is 0 Å². The predicted molar refractivity (Wildman–Crippen MR) is 128 cm³/mol. The summed E-state index contributed by atoms with van der Waals surface area (Å²) >= 11 is 4.70. The van der Waals surface area contributed by atoms with Crippen LogP contribution >= 0.6 is 12.6 Å². The van der Waals surface area contributed by atoms with Crippen LogP contribution in [0, 0.1) is 0 Å². The van der Waals surface area contributed by atoms with E-state index in [0.29, 0.717) is 19.8 Å². The molecule has 5 atom stereocenters. The van der Waals surface area contributed by atoms with Crippen LogP contribution in [0.1, 0.15) is 23.6 Å². The molecule has 0 aliphatic carbocycles. The highest BCUT2D eigenvalue weighted by molar-refractivity contribution is 7.80. The van der Waals surface area contributed by atoms with Crippen LogP contribution in [0.2, 0.25) is 0 Å². The van der Waals surface area contributed by atoms with Crippen LogP contribution in [0.15, 0.2) is 91.0 Å². The number of hydrogen-bond donors (Lipinski definition) is 1. The zero-order chi connectivity index (χ0) is 22.2. The molecular formula is C27H30O4S. The molecule has 0 bridgehead atoms. The first-order valence-corrected chi connectivity index (χ1v) is 11.5. The normalized spacial score (nSPS) is 25.5. The van der Waals surface area contributed by atoms with Crippen molar-refractivity contribution >= 4 is 12.6 Å². The maximum Gasteiger partial charge on any atom is 0.129 e. The molecule has 3 aromatic rings. The Morgan fingerprint density at radius 2 is 0.969 bits per heavy atom. The summed E-state index contributed by atoms with van der Waals surface area (Å²) in [6, 6.07) is 30.4. The second-order valence-electron chi connectivity index (χ2n) is 8.02. The number of rotatable bonds is 9. The van der Waals surface area contributed by atoms with Gasteiger partial charge in [0.05, 0.1) is 25.9 Å². The molecule has 3 aromatic carbocycles. The lowest BCUT2D eigenvalue weighted by Gasteiger charge is -2.44. The number of benzene rings is 3. The van der Waals surface area contributed by atoms with Crippen molar-refractivity contribution in [3.05, 3.63) is 108 Å². The van der Waals surface area contributed by atoms with Crippen molar-refractivity contribution in [1.29, 1.82) is 0 Å². The molecule has 0 saturated carbocycles. The average molecular weight is 451 g/mol. The van der Waals surface area contributed by atoms with Crippen molar-refractivity contribution in [2.45, 2.75) is 56.6 Å². The lowest BCUT2D eigenvalue weighted by Crippen LogP contribution is -2.57. The van der Waals surface area contributed by atoms with E-state index in [0.717, 1.165) is 16.7 Å². The van der Waals surface area contributed by atoms with Gasteiger partial charge in [0.1, 0.15) is 23.7 Å². The minimum atomic E-state index is -0.411. The molecule has 0 unspecified atom stereocenters. The van der Waals surface area contributed by atoms with Gasteiger partial charge in [-0.1, -0.05) is 91.0 Å². The van der Waals surface area contributed by atoms with Crippen molar-refractivity contribution in [3.8, 4) is 0 Å². The first kappa shape index (κ1) is 23.0. The average Bonchev–Trinajstić information content (AvgIpc) is 2.83. The molecule has 1 saturated heterocycles. The van der Waals surface area contributed by atoms with Crippen molar-refractivity contribution in [3.63, 3.8) is 0 Å². The SMILES string of the molecule is C[C@@H]1O[C@H](S)[C@H](OCc2ccccc2)[C@H](OCc2ccccc2)[C@H]1OCc1ccccc1. The lowest BCUT2D eigenvalue weighted by atomic mass is 9.99. The number of ether oxygens (including phenoxy) is 4. The van der Waals surface area contributed by atoms with E-state index in [4.69, 9.17) is 31.6 Å². The van der Waals surface area contributed by atoms with E-state index in [1.54, 1.807) is 0 Å². The zero-order valence-corrected chi connectivity index (χ0v) is 19.1. The topological polar surface area (TPSA) is 36.9 Å². The number of thiol groups is 1. The van der Waals surface area contributed by atoms with Gasteiger partial charge in [0.15, 0.2) is 0 Å². The van der Waals surface area contributed by atoms with Crippen LogP contribution < -0.4 is 0 Å². The summed E-state index contributed by atoms with van der Waals surface area (Å²) in [4.78, 5) is 0. The van der Waals surface area contributed by atoms with E-state index < -0.39 is 5.44 Å². The maximum atomic E-state index is 6.43. The molecular weight excluding hydrogens is 420 g/mol. The Kier molecular flexibility index (Phi) is 8.37. The molecule has 1 fully saturated rings. The van der Waals surface area contributed by atoms with Gasteiger partial charge in [-0.15, -0.1) is 12.6 Å². The maximum absolute atomic E-state index is 6.43. The summed E-state index contributed by atoms with van der Waals surface area (Å²) in [7, 11) is 0. The molecule has 0 radical (unpaired) electrons. The highest BCUT2D eigenvalue weighted by atomic mass is 32.1. The van der Waals surface area contributed by atoms with Gasteiger partial charge in [-0.05, 0) is 23.6 Å². The molecule has 1 heterocycles. The monoisotopic (exact) mass is 450 g/mol. The van der Waals surface area contributed by atoms with Crippen molar-refractivity contribution in [2.75, 3.05) is 0 Å². The van der Waals surface area contributed by atoms with Gasteiger partial charge in [-0.2, -0.15) is 0 Å². The predicted octanol–water partition coefficient (Wildman–Crippen LogP) is 5.42. The summed E-state index contributed by atoms with van der Waals surface area (Å²) in [5.41, 5.74) is 2.89. The van der Waals surface area contributed by atoms with E-state index in [1.165, 1.54) is 0 Å². The van der Waals surface area contributed by atoms with E-state index in [9.17, 15) is 0 Å². The van der Waals surface area contributed by atoms with Crippen molar-refractivity contribution < 1.29 is 18.9 Å². The van der Waals surface area contributed by atoms with E-state index in [2.05, 4.69) is 24.3 Å². The van der Waals surface area contributed by atoms with Crippen LogP contribution in [-0.4, -0.2) is 29.9 Å². The fourth-order valence-corrected chi connectivity index (χ4v) is 4.34. The first-order chi connectivity index (χ1) is 15.7. The molecule has 1 aliphatic heterocycles. The minimum Gasteiger partial charge on any atom is -0.368 e. The summed E-state index contributed by atoms with van der Waals surface area (Å²) in [5, 5.41) is 0. The largest absolute Gasteiger partial charge is 0.368 e. The molecule has 32 heavy (non-hydrogen) atoms. The van der Waals surface area contributed by atoms with Crippen LogP contribution in [0.4, 0.5) is 0 Å². The van der Waals surface area contributed by atoms with Gasteiger partial charge in [0.25, 0.3) is 0 Å². The second kappa shape index (κ2) is 11.6. The fourth-order valence-electron chi connectivity index (χ4n) is 3.89. The Morgan fingerprint density at radius 1 is 0.594 bits per heavy atom. The Labute approximate surface area is 195 Å². The summed E-state index contributed by atoms with van der Waals surface area (Å²) in [6.07, 6.45) is -1.17. The Morgan fingerprint density at radius 3 is 1.41 bits per heavy atom. The molecule has 1 aliphatic rings. The summed E-state index contributed by atoms with van der Waals surface area (Å²) in [6.45, 7) is 3.41. The van der Waals surface area contributed by atoms with Crippen LogP contribution in [-0.2, 0) is 38.8 Å². The third-order valence-electron chi connectivity index (χ3n) is 5.60.